The van der Waals surface area contributed by atoms with Crippen molar-refractivity contribution in [1.82, 2.24) is 10.3 Å². The van der Waals surface area contributed by atoms with E-state index in [1.807, 2.05) is 0 Å². The third kappa shape index (κ3) is 4.22. The third-order valence-electron chi connectivity index (χ3n) is 3.28. The molecule has 1 aliphatic rings. The Labute approximate surface area is 121 Å². The Bertz CT molecular complexity index is 513. The van der Waals surface area contributed by atoms with Gasteiger partial charge in [-0.1, -0.05) is 20.8 Å². The van der Waals surface area contributed by atoms with Gasteiger partial charge in [0.1, 0.15) is 11.8 Å². The maximum absolute atomic E-state index is 13.1. The SMILES string of the molecule is CC(C)(C)CC(NC(=O)c1ncoc1C1CC1)C(F)(F)F. The zero-order valence-electron chi connectivity index (χ0n) is 12.3. The maximum Gasteiger partial charge on any atom is 0.408 e. The highest BCUT2D eigenvalue weighted by Gasteiger charge is 2.43. The number of nitrogens with one attached hydrogen (secondary N) is 1. The van der Waals surface area contributed by atoms with Crippen LogP contribution in [-0.2, 0) is 0 Å². The second kappa shape index (κ2) is 5.35. The normalized spacial score (nSPS) is 17.6. The van der Waals surface area contributed by atoms with E-state index in [9.17, 15) is 18.0 Å². The summed E-state index contributed by atoms with van der Waals surface area (Å²) in [4.78, 5) is 15.8. The molecule has 1 atom stereocenters. The Kier molecular flexibility index (Phi) is 4.04. The molecule has 1 aromatic rings. The van der Waals surface area contributed by atoms with Gasteiger partial charge in [-0.2, -0.15) is 13.2 Å². The number of alkyl halides is 3. The van der Waals surface area contributed by atoms with Crippen molar-refractivity contribution in [2.75, 3.05) is 0 Å². The first-order chi connectivity index (χ1) is 9.58. The lowest BCUT2D eigenvalue weighted by Crippen LogP contribution is -2.47. The lowest BCUT2D eigenvalue weighted by atomic mass is 9.88. The summed E-state index contributed by atoms with van der Waals surface area (Å²) in [5.41, 5.74) is -0.586. The van der Waals surface area contributed by atoms with Crippen LogP contribution in [0.5, 0.6) is 0 Å². The molecule has 0 radical (unpaired) electrons. The van der Waals surface area contributed by atoms with Crippen LogP contribution in [0, 0.1) is 5.41 Å². The van der Waals surface area contributed by atoms with Crippen molar-refractivity contribution in [3.8, 4) is 0 Å². The number of rotatable bonds is 4. The molecule has 1 heterocycles. The van der Waals surface area contributed by atoms with Gasteiger partial charge >= 0.3 is 6.18 Å². The van der Waals surface area contributed by atoms with Crippen molar-refractivity contribution >= 4 is 5.91 Å². The molecule has 0 spiro atoms. The smallest absolute Gasteiger partial charge is 0.408 e. The van der Waals surface area contributed by atoms with Gasteiger partial charge in [-0.3, -0.25) is 4.79 Å². The van der Waals surface area contributed by atoms with Crippen LogP contribution in [0.2, 0.25) is 0 Å². The Hall–Kier alpha value is -1.53. The van der Waals surface area contributed by atoms with Crippen LogP contribution >= 0.6 is 0 Å². The first-order valence-electron chi connectivity index (χ1n) is 6.89. The monoisotopic (exact) mass is 304 g/mol. The Balaban J connectivity index is 2.12. The molecule has 1 amide bonds. The number of hydrogen-bond donors (Lipinski definition) is 1. The summed E-state index contributed by atoms with van der Waals surface area (Å²) in [5, 5.41) is 2.05. The fourth-order valence-electron chi connectivity index (χ4n) is 2.15. The molecule has 0 bridgehead atoms. The van der Waals surface area contributed by atoms with Crippen molar-refractivity contribution in [2.45, 2.75) is 58.2 Å². The van der Waals surface area contributed by atoms with Gasteiger partial charge in [0, 0.05) is 5.92 Å². The molecule has 4 nitrogen and oxygen atoms in total. The largest absolute Gasteiger partial charge is 0.447 e. The Morgan fingerprint density at radius 1 is 1.43 bits per heavy atom. The molecule has 1 unspecified atom stereocenters. The summed E-state index contributed by atoms with van der Waals surface area (Å²) < 4.78 is 44.3. The number of amides is 1. The molecular formula is C14H19F3N2O2. The topological polar surface area (TPSA) is 55.1 Å². The van der Waals surface area contributed by atoms with Gasteiger partial charge in [0.15, 0.2) is 12.1 Å². The number of halogens is 3. The summed E-state index contributed by atoms with van der Waals surface area (Å²) in [6.45, 7) is 5.09. The van der Waals surface area contributed by atoms with E-state index in [2.05, 4.69) is 10.3 Å². The molecule has 1 fully saturated rings. The molecule has 7 heteroatoms. The fourth-order valence-corrected chi connectivity index (χ4v) is 2.15. The molecule has 1 aliphatic carbocycles. The standard InChI is InChI=1S/C14H19F3N2O2/c1-13(2,3)6-9(14(15,16)17)19-12(20)10-11(8-4-5-8)21-7-18-10/h7-9H,4-6H2,1-3H3,(H,19,20). The van der Waals surface area contributed by atoms with Gasteiger partial charge < -0.3 is 9.73 Å². The zero-order valence-corrected chi connectivity index (χ0v) is 12.3. The minimum Gasteiger partial charge on any atom is -0.447 e. The molecule has 1 saturated carbocycles. The second-order valence-electron chi connectivity index (χ2n) is 6.67. The van der Waals surface area contributed by atoms with E-state index in [1.165, 1.54) is 0 Å². The van der Waals surface area contributed by atoms with Crippen molar-refractivity contribution < 1.29 is 22.4 Å². The van der Waals surface area contributed by atoms with Crippen LogP contribution in [0.15, 0.2) is 10.8 Å². The van der Waals surface area contributed by atoms with Crippen molar-refractivity contribution in [3.05, 3.63) is 17.8 Å². The summed E-state index contributed by atoms with van der Waals surface area (Å²) in [7, 11) is 0. The van der Waals surface area contributed by atoms with E-state index in [4.69, 9.17) is 4.42 Å². The summed E-state index contributed by atoms with van der Waals surface area (Å²) in [6, 6.07) is -1.89. The van der Waals surface area contributed by atoms with Crippen molar-refractivity contribution in [1.29, 1.82) is 0 Å². The lowest BCUT2D eigenvalue weighted by molar-refractivity contribution is -0.159. The van der Waals surface area contributed by atoms with Gasteiger partial charge in [0.25, 0.3) is 5.91 Å². The minimum atomic E-state index is -4.49. The highest BCUT2D eigenvalue weighted by Crippen LogP contribution is 2.41. The average molecular weight is 304 g/mol. The number of carbonyl (C=O) groups excluding carboxylic acids is 1. The van der Waals surface area contributed by atoms with Gasteiger partial charge in [0.05, 0.1) is 0 Å². The first kappa shape index (κ1) is 15.9. The van der Waals surface area contributed by atoms with Crippen LogP contribution in [0.25, 0.3) is 0 Å². The number of oxazole rings is 1. The van der Waals surface area contributed by atoms with Crippen molar-refractivity contribution in [2.24, 2.45) is 5.41 Å². The Morgan fingerprint density at radius 2 is 2.05 bits per heavy atom. The molecular weight excluding hydrogens is 285 g/mol. The highest BCUT2D eigenvalue weighted by atomic mass is 19.4. The van der Waals surface area contributed by atoms with Gasteiger partial charge in [-0.15, -0.1) is 0 Å². The fraction of sp³-hybridized carbons (Fsp3) is 0.714. The van der Waals surface area contributed by atoms with E-state index >= 15 is 0 Å². The number of hydrogen-bond acceptors (Lipinski definition) is 3. The predicted molar refractivity (Wildman–Crippen MR) is 69.9 cm³/mol. The lowest BCUT2D eigenvalue weighted by Gasteiger charge is -2.28. The van der Waals surface area contributed by atoms with Crippen LogP contribution in [0.1, 0.15) is 62.2 Å². The molecule has 0 aromatic carbocycles. The van der Waals surface area contributed by atoms with E-state index in [-0.39, 0.29) is 18.0 Å². The van der Waals surface area contributed by atoms with E-state index in [0.717, 1.165) is 19.2 Å². The van der Waals surface area contributed by atoms with E-state index in [1.54, 1.807) is 20.8 Å². The van der Waals surface area contributed by atoms with Gasteiger partial charge in [-0.25, -0.2) is 4.98 Å². The van der Waals surface area contributed by atoms with E-state index < -0.39 is 23.5 Å². The number of carbonyl (C=O) groups is 1. The summed E-state index contributed by atoms with van der Waals surface area (Å²) >= 11 is 0. The third-order valence-corrected chi connectivity index (χ3v) is 3.28. The van der Waals surface area contributed by atoms with Crippen LogP contribution < -0.4 is 5.32 Å². The molecule has 118 valence electrons. The molecule has 0 aliphatic heterocycles. The van der Waals surface area contributed by atoms with Crippen LogP contribution in [-0.4, -0.2) is 23.1 Å². The molecule has 1 N–H and O–H groups in total. The zero-order chi connectivity index (χ0) is 15.8. The molecule has 1 aromatic heterocycles. The second-order valence-corrected chi connectivity index (χ2v) is 6.67. The predicted octanol–water partition coefficient (Wildman–Crippen LogP) is 3.65. The maximum atomic E-state index is 13.1. The average Bonchev–Trinajstić information content (AvgIpc) is 3.03. The van der Waals surface area contributed by atoms with Gasteiger partial charge in [-0.05, 0) is 24.7 Å². The molecule has 21 heavy (non-hydrogen) atoms. The van der Waals surface area contributed by atoms with Crippen LogP contribution in [0.4, 0.5) is 13.2 Å². The number of aromatic nitrogens is 1. The summed E-state index contributed by atoms with van der Waals surface area (Å²) in [6.07, 6.45) is -1.83. The van der Waals surface area contributed by atoms with Crippen molar-refractivity contribution in [3.63, 3.8) is 0 Å². The Morgan fingerprint density at radius 3 is 2.52 bits per heavy atom. The quantitative estimate of drug-likeness (QED) is 0.923. The minimum absolute atomic E-state index is 0.0272. The molecule has 0 saturated heterocycles. The highest BCUT2D eigenvalue weighted by molar-refractivity contribution is 5.93. The molecule has 2 rings (SSSR count). The van der Waals surface area contributed by atoms with Crippen LogP contribution in [0.3, 0.4) is 0 Å². The van der Waals surface area contributed by atoms with Gasteiger partial charge in [0.2, 0.25) is 0 Å². The van der Waals surface area contributed by atoms with E-state index in [0.29, 0.717) is 5.76 Å². The number of nitrogens with zero attached hydrogens (tertiary/aromatic N) is 1. The first-order valence-corrected chi connectivity index (χ1v) is 6.89. The summed E-state index contributed by atoms with van der Waals surface area (Å²) in [5.74, 6) is -0.318.